The van der Waals surface area contributed by atoms with Gasteiger partial charge in [0.2, 0.25) is 11.9 Å². The van der Waals surface area contributed by atoms with Gasteiger partial charge in [-0.1, -0.05) is 17.7 Å². The van der Waals surface area contributed by atoms with Crippen LogP contribution in [0, 0.1) is 20.8 Å². The summed E-state index contributed by atoms with van der Waals surface area (Å²) in [4.78, 5) is 15.4. The number of aromatic nitrogens is 3. The SMILES string of the molecule is CCN(CC)c1nc(C)nc(Nc2ccc(C)cc2C)n1. The Morgan fingerprint density at radius 2 is 1.71 bits per heavy atom. The molecular weight excluding hydrogens is 262 g/mol. The number of nitrogens with one attached hydrogen (secondary N) is 1. The van der Waals surface area contributed by atoms with Gasteiger partial charge < -0.3 is 10.2 Å². The van der Waals surface area contributed by atoms with Gasteiger partial charge in [0, 0.05) is 18.8 Å². The fourth-order valence-corrected chi connectivity index (χ4v) is 2.25. The van der Waals surface area contributed by atoms with Gasteiger partial charge in [-0.3, -0.25) is 0 Å². The summed E-state index contributed by atoms with van der Waals surface area (Å²) in [6.45, 7) is 12.0. The summed E-state index contributed by atoms with van der Waals surface area (Å²) in [5, 5.41) is 3.29. The minimum atomic E-state index is 0.594. The van der Waals surface area contributed by atoms with E-state index in [1.54, 1.807) is 0 Å². The maximum Gasteiger partial charge on any atom is 0.232 e. The number of nitrogens with zero attached hydrogens (tertiary/aromatic N) is 4. The zero-order valence-electron chi connectivity index (χ0n) is 13.4. The van der Waals surface area contributed by atoms with Crippen LogP contribution in [0.3, 0.4) is 0 Å². The number of rotatable bonds is 5. The van der Waals surface area contributed by atoms with Crippen LogP contribution in [0.15, 0.2) is 18.2 Å². The molecule has 0 aliphatic carbocycles. The first-order chi connectivity index (χ1) is 10.0. The van der Waals surface area contributed by atoms with Crippen molar-refractivity contribution >= 4 is 17.6 Å². The summed E-state index contributed by atoms with van der Waals surface area (Å²) in [6.07, 6.45) is 0. The highest BCUT2D eigenvalue weighted by Crippen LogP contribution is 2.20. The highest BCUT2D eigenvalue weighted by Gasteiger charge is 2.10. The van der Waals surface area contributed by atoms with Gasteiger partial charge >= 0.3 is 0 Å². The van der Waals surface area contributed by atoms with Crippen molar-refractivity contribution in [2.75, 3.05) is 23.3 Å². The summed E-state index contributed by atoms with van der Waals surface area (Å²) < 4.78 is 0. The topological polar surface area (TPSA) is 53.9 Å². The number of benzene rings is 1. The largest absolute Gasteiger partial charge is 0.341 e. The van der Waals surface area contributed by atoms with Crippen LogP contribution in [0.2, 0.25) is 0 Å². The van der Waals surface area contributed by atoms with E-state index in [2.05, 4.69) is 71.1 Å². The average Bonchev–Trinajstić information content (AvgIpc) is 2.43. The van der Waals surface area contributed by atoms with E-state index in [-0.39, 0.29) is 0 Å². The zero-order chi connectivity index (χ0) is 15.4. The molecule has 0 unspecified atom stereocenters. The molecule has 5 nitrogen and oxygen atoms in total. The van der Waals surface area contributed by atoms with E-state index >= 15 is 0 Å². The van der Waals surface area contributed by atoms with Crippen LogP contribution in [0.1, 0.15) is 30.8 Å². The predicted molar refractivity (Wildman–Crippen MR) is 87.3 cm³/mol. The Balaban J connectivity index is 2.31. The Morgan fingerprint density at radius 1 is 1.00 bits per heavy atom. The van der Waals surface area contributed by atoms with Gasteiger partial charge in [0.25, 0.3) is 0 Å². The maximum absolute atomic E-state index is 4.53. The lowest BCUT2D eigenvalue weighted by atomic mass is 10.1. The Morgan fingerprint density at radius 3 is 2.33 bits per heavy atom. The molecule has 0 atom stereocenters. The van der Waals surface area contributed by atoms with Gasteiger partial charge in [0.15, 0.2) is 0 Å². The molecule has 1 aromatic heterocycles. The first-order valence-corrected chi connectivity index (χ1v) is 7.35. The van der Waals surface area contributed by atoms with E-state index in [1.807, 2.05) is 6.92 Å². The highest BCUT2D eigenvalue weighted by atomic mass is 15.3. The molecular formula is C16H23N5. The van der Waals surface area contributed by atoms with E-state index in [0.29, 0.717) is 5.95 Å². The lowest BCUT2D eigenvalue weighted by Gasteiger charge is -2.19. The average molecular weight is 285 g/mol. The molecule has 0 saturated carbocycles. The summed E-state index contributed by atoms with van der Waals surface area (Å²) in [5.41, 5.74) is 3.45. The molecule has 0 saturated heterocycles. The summed E-state index contributed by atoms with van der Waals surface area (Å²) in [7, 11) is 0. The van der Waals surface area contributed by atoms with E-state index in [4.69, 9.17) is 0 Å². The standard InChI is InChI=1S/C16H23N5/c1-6-21(7-2)16-18-13(5)17-15(20-16)19-14-9-8-11(3)10-12(14)4/h8-10H,6-7H2,1-5H3,(H,17,18,19,20). The molecule has 0 aliphatic heterocycles. The fraction of sp³-hybridized carbons (Fsp3) is 0.438. The molecule has 1 N–H and O–H groups in total. The van der Waals surface area contributed by atoms with Crippen molar-refractivity contribution in [3.63, 3.8) is 0 Å². The molecule has 2 aromatic rings. The molecule has 1 aromatic carbocycles. The number of anilines is 3. The van der Waals surface area contributed by atoms with Crippen LogP contribution >= 0.6 is 0 Å². The minimum Gasteiger partial charge on any atom is -0.341 e. The number of hydrogen-bond acceptors (Lipinski definition) is 5. The van der Waals surface area contributed by atoms with Crippen LogP contribution in [-0.2, 0) is 0 Å². The van der Waals surface area contributed by atoms with Crippen LogP contribution in [0.4, 0.5) is 17.6 Å². The van der Waals surface area contributed by atoms with Crippen LogP contribution < -0.4 is 10.2 Å². The van der Waals surface area contributed by atoms with Crippen LogP contribution in [-0.4, -0.2) is 28.0 Å². The lowest BCUT2D eigenvalue weighted by Crippen LogP contribution is -2.25. The molecule has 0 bridgehead atoms. The van der Waals surface area contributed by atoms with Crippen LogP contribution in [0.5, 0.6) is 0 Å². The second-order valence-electron chi connectivity index (χ2n) is 5.12. The molecule has 2 rings (SSSR count). The highest BCUT2D eigenvalue weighted by molar-refractivity contribution is 5.59. The van der Waals surface area contributed by atoms with Crippen molar-refractivity contribution in [2.24, 2.45) is 0 Å². The molecule has 0 fully saturated rings. The second kappa shape index (κ2) is 6.52. The molecule has 1 heterocycles. The predicted octanol–water partition coefficient (Wildman–Crippen LogP) is 3.39. The van der Waals surface area contributed by atoms with Crippen LogP contribution in [0.25, 0.3) is 0 Å². The van der Waals surface area contributed by atoms with Gasteiger partial charge in [0.1, 0.15) is 5.82 Å². The van der Waals surface area contributed by atoms with Gasteiger partial charge in [-0.05, 0) is 46.2 Å². The Hall–Kier alpha value is -2.17. The quantitative estimate of drug-likeness (QED) is 0.912. The van der Waals surface area contributed by atoms with Crippen molar-refractivity contribution in [1.82, 2.24) is 15.0 Å². The van der Waals surface area contributed by atoms with Crippen molar-refractivity contribution in [3.05, 3.63) is 35.2 Å². The van der Waals surface area contributed by atoms with E-state index < -0.39 is 0 Å². The second-order valence-corrected chi connectivity index (χ2v) is 5.12. The third-order valence-electron chi connectivity index (χ3n) is 3.41. The van der Waals surface area contributed by atoms with Crippen molar-refractivity contribution in [2.45, 2.75) is 34.6 Å². The van der Waals surface area contributed by atoms with Crippen molar-refractivity contribution in [3.8, 4) is 0 Å². The smallest absolute Gasteiger partial charge is 0.232 e. The molecule has 0 spiro atoms. The summed E-state index contributed by atoms with van der Waals surface area (Å²) >= 11 is 0. The summed E-state index contributed by atoms with van der Waals surface area (Å²) in [6, 6.07) is 6.28. The fourth-order valence-electron chi connectivity index (χ4n) is 2.25. The summed E-state index contributed by atoms with van der Waals surface area (Å²) in [5.74, 6) is 2.04. The van der Waals surface area contributed by atoms with E-state index in [9.17, 15) is 0 Å². The maximum atomic E-state index is 4.53. The molecule has 21 heavy (non-hydrogen) atoms. The molecule has 0 radical (unpaired) electrons. The van der Waals surface area contributed by atoms with Gasteiger partial charge in [0.05, 0.1) is 0 Å². The molecule has 112 valence electrons. The number of hydrogen-bond donors (Lipinski definition) is 1. The Bertz CT molecular complexity index is 620. The third kappa shape index (κ3) is 3.68. The zero-order valence-corrected chi connectivity index (χ0v) is 13.4. The van der Waals surface area contributed by atoms with Gasteiger partial charge in [-0.25, -0.2) is 0 Å². The third-order valence-corrected chi connectivity index (χ3v) is 3.41. The Kier molecular flexibility index (Phi) is 4.73. The minimum absolute atomic E-state index is 0.594. The lowest BCUT2D eigenvalue weighted by molar-refractivity contribution is 0.804. The van der Waals surface area contributed by atoms with Gasteiger partial charge in [-0.2, -0.15) is 15.0 Å². The molecule has 0 amide bonds. The Labute approximate surface area is 126 Å². The van der Waals surface area contributed by atoms with Crippen molar-refractivity contribution in [1.29, 1.82) is 0 Å². The first-order valence-electron chi connectivity index (χ1n) is 7.35. The van der Waals surface area contributed by atoms with Crippen molar-refractivity contribution < 1.29 is 0 Å². The molecule has 0 aliphatic rings. The van der Waals surface area contributed by atoms with E-state index in [0.717, 1.165) is 30.5 Å². The monoisotopic (exact) mass is 285 g/mol. The van der Waals surface area contributed by atoms with Gasteiger partial charge in [-0.15, -0.1) is 0 Å². The number of aryl methyl sites for hydroxylation is 3. The molecule has 5 heteroatoms. The van der Waals surface area contributed by atoms with E-state index in [1.165, 1.54) is 11.1 Å². The first kappa shape index (κ1) is 15.2. The normalized spacial score (nSPS) is 10.5.